The molecule has 0 N–H and O–H groups in total. The molecule has 0 saturated heterocycles. The van der Waals surface area contributed by atoms with Gasteiger partial charge in [-0.3, -0.25) is 0 Å². The lowest BCUT2D eigenvalue weighted by molar-refractivity contribution is -0.275. The summed E-state index contributed by atoms with van der Waals surface area (Å²) < 4.78 is 40.8. The Labute approximate surface area is 103 Å². The molecule has 2 rings (SSSR count). The fourth-order valence-corrected chi connectivity index (χ4v) is 2.69. The Morgan fingerprint density at radius 2 is 1.88 bits per heavy atom. The zero-order chi connectivity index (χ0) is 12.5. The zero-order valence-electron chi connectivity index (χ0n) is 9.01. The number of para-hydroxylation sites is 1. The third-order valence-corrected chi connectivity index (χ3v) is 3.50. The van der Waals surface area contributed by atoms with Crippen molar-refractivity contribution < 1.29 is 17.9 Å². The molecule has 1 saturated carbocycles. The third kappa shape index (κ3) is 3.06. The van der Waals surface area contributed by atoms with Gasteiger partial charge in [0.05, 0.1) is 0 Å². The molecule has 0 aliphatic heterocycles. The van der Waals surface area contributed by atoms with Crippen LogP contribution in [0.4, 0.5) is 13.2 Å². The van der Waals surface area contributed by atoms with Crippen LogP contribution in [0.1, 0.15) is 30.7 Å². The molecule has 1 aliphatic carbocycles. The van der Waals surface area contributed by atoms with Gasteiger partial charge in [-0.2, -0.15) is 0 Å². The molecule has 94 valence electrons. The van der Waals surface area contributed by atoms with Gasteiger partial charge in [-0.15, -0.1) is 24.8 Å². The molecule has 0 amide bonds. The number of hydrogen-bond donors (Lipinski definition) is 0. The number of halogens is 4. The highest BCUT2D eigenvalue weighted by Gasteiger charge is 2.35. The second kappa shape index (κ2) is 4.77. The van der Waals surface area contributed by atoms with Crippen molar-refractivity contribution in [1.29, 1.82) is 0 Å². The highest BCUT2D eigenvalue weighted by molar-refractivity contribution is 6.21. The van der Waals surface area contributed by atoms with Crippen molar-refractivity contribution >= 4 is 11.6 Å². The molecule has 2 unspecified atom stereocenters. The van der Waals surface area contributed by atoms with Crippen LogP contribution in [0.5, 0.6) is 5.75 Å². The summed E-state index contributed by atoms with van der Waals surface area (Å²) in [4.78, 5) is 0. The van der Waals surface area contributed by atoms with Crippen molar-refractivity contribution in [2.24, 2.45) is 0 Å². The Bertz CT molecular complexity index is 392. The molecule has 0 aromatic heterocycles. The van der Waals surface area contributed by atoms with Crippen molar-refractivity contribution in [1.82, 2.24) is 0 Å². The van der Waals surface area contributed by atoms with E-state index in [1.165, 1.54) is 12.1 Å². The van der Waals surface area contributed by atoms with Gasteiger partial charge in [0.1, 0.15) is 5.75 Å². The summed E-state index contributed by atoms with van der Waals surface area (Å²) >= 11 is 6.12. The van der Waals surface area contributed by atoms with Crippen LogP contribution in [-0.4, -0.2) is 11.7 Å². The predicted octanol–water partition coefficient (Wildman–Crippen LogP) is 4.46. The summed E-state index contributed by atoms with van der Waals surface area (Å²) in [6, 6.07) is 6.24. The largest absolute Gasteiger partial charge is 0.573 e. The van der Waals surface area contributed by atoms with E-state index in [0.717, 1.165) is 19.3 Å². The standard InChI is InChI=1S/C12H12ClF3O/c13-10-6-3-5-8(10)9-4-1-2-7-11(9)17-12(14,15)16/h1-2,4,7-8,10H,3,5-6H2. The van der Waals surface area contributed by atoms with E-state index in [1.54, 1.807) is 12.1 Å². The fourth-order valence-electron chi connectivity index (χ4n) is 2.27. The Kier molecular flexibility index (Phi) is 3.52. The maximum Gasteiger partial charge on any atom is 0.573 e. The molecule has 17 heavy (non-hydrogen) atoms. The zero-order valence-corrected chi connectivity index (χ0v) is 9.76. The summed E-state index contributed by atoms with van der Waals surface area (Å²) in [5.41, 5.74) is 0.558. The first-order valence-corrected chi connectivity index (χ1v) is 5.90. The second-order valence-electron chi connectivity index (χ2n) is 4.14. The highest BCUT2D eigenvalue weighted by Crippen LogP contribution is 2.42. The number of hydrogen-bond acceptors (Lipinski definition) is 1. The molecule has 0 bridgehead atoms. The normalized spacial score (nSPS) is 24.9. The molecule has 0 spiro atoms. The molecule has 1 nitrogen and oxygen atoms in total. The molecule has 1 aromatic rings. The monoisotopic (exact) mass is 264 g/mol. The molecular weight excluding hydrogens is 253 g/mol. The van der Waals surface area contributed by atoms with E-state index < -0.39 is 6.36 Å². The van der Waals surface area contributed by atoms with Crippen LogP contribution in [0, 0.1) is 0 Å². The van der Waals surface area contributed by atoms with Gasteiger partial charge < -0.3 is 4.74 Å². The van der Waals surface area contributed by atoms with E-state index in [0.29, 0.717) is 5.56 Å². The summed E-state index contributed by atoms with van der Waals surface area (Å²) in [5.74, 6) is -0.173. The smallest absolute Gasteiger partial charge is 0.405 e. The number of benzene rings is 1. The quantitative estimate of drug-likeness (QED) is 0.717. The minimum Gasteiger partial charge on any atom is -0.405 e. The minimum absolute atomic E-state index is 0.0461. The third-order valence-electron chi connectivity index (χ3n) is 2.98. The number of rotatable bonds is 2. The van der Waals surface area contributed by atoms with Crippen LogP contribution in [0.2, 0.25) is 0 Å². The molecule has 0 radical (unpaired) electrons. The van der Waals surface area contributed by atoms with Crippen LogP contribution in [0.3, 0.4) is 0 Å². The summed E-state index contributed by atoms with van der Waals surface area (Å²) in [5, 5.41) is -0.104. The van der Waals surface area contributed by atoms with Crippen LogP contribution in [0.25, 0.3) is 0 Å². The molecule has 1 aromatic carbocycles. The van der Waals surface area contributed by atoms with Gasteiger partial charge in [-0.25, -0.2) is 0 Å². The van der Waals surface area contributed by atoms with Crippen molar-refractivity contribution in [3.63, 3.8) is 0 Å². The lowest BCUT2D eigenvalue weighted by atomic mass is 9.96. The summed E-state index contributed by atoms with van der Waals surface area (Å²) in [6.45, 7) is 0. The number of alkyl halides is 4. The van der Waals surface area contributed by atoms with Gasteiger partial charge in [0.2, 0.25) is 0 Å². The first-order chi connectivity index (χ1) is 7.97. The van der Waals surface area contributed by atoms with Crippen molar-refractivity contribution in [2.45, 2.75) is 36.9 Å². The highest BCUT2D eigenvalue weighted by atomic mass is 35.5. The van der Waals surface area contributed by atoms with Crippen molar-refractivity contribution in [2.75, 3.05) is 0 Å². The van der Waals surface area contributed by atoms with Gasteiger partial charge in [0.15, 0.2) is 0 Å². The summed E-state index contributed by atoms with van der Waals surface area (Å²) in [6.07, 6.45) is -2.06. The average molecular weight is 265 g/mol. The van der Waals surface area contributed by atoms with E-state index in [-0.39, 0.29) is 17.0 Å². The number of ether oxygens (including phenoxy) is 1. The maximum atomic E-state index is 12.3. The van der Waals surface area contributed by atoms with Gasteiger partial charge in [0, 0.05) is 11.3 Å². The average Bonchev–Trinajstić information content (AvgIpc) is 2.63. The van der Waals surface area contributed by atoms with Crippen molar-refractivity contribution in [3.8, 4) is 5.75 Å². The SMILES string of the molecule is FC(F)(F)Oc1ccccc1C1CCCC1Cl. The van der Waals surface area contributed by atoms with Gasteiger partial charge in [-0.05, 0) is 24.5 Å². The van der Waals surface area contributed by atoms with E-state index in [9.17, 15) is 13.2 Å². The van der Waals surface area contributed by atoms with Crippen LogP contribution in [-0.2, 0) is 0 Å². The Morgan fingerprint density at radius 3 is 2.47 bits per heavy atom. The molecule has 1 aliphatic rings. The molecule has 1 fully saturated rings. The molecule has 0 heterocycles. The predicted molar refractivity (Wildman–Crippen MR) is 59.4 cm³/mol. The lowest BCUT2D eigenvalue weighted by Crippen LogP contribution is -2.19. The van der Waals surface area contributed by atoms with E-state index in [4.69, 9.17) is 11.6 Å². The van der Waals surface area contributed by atoms with E-state index in [1.807, 2.05) is 0 Å². The van der Waals surface area contributed by atoms with Crippen LogP contribution < -0.4 is 4.74 Å². The lowest BCUT2D eigenvalue weighted by Gasteiger charge is -2.19. The topological polar surface area (TPSA) is 9.23 Å². The van der Waals surface area contributed by atoms with Gasteiger partial charge >= 0.3 is 6.36 Å². The fraction of sp³-hybridized carbons (Fsp3) is 0.500. The Hall–Kier alpha value is -0.900. The van der Waals surface area contributed by atoms with Crippen LogP contribution >= 0.6 is 11.6 Å². The maximum absolute atomic E-state index is 12.3. The Morgan fingerprint density at radius 1 is 1.18 bits per heavy atom. The minimum atomic E-state index is -4.66. The first kappa shape index (κ1) is 12.6. The first-order valence-electron chi connectivity index (χ1n) is 5.46. The second-order valence-corrected chi connectivity index (χ2v) is 4.70. The van der Waals surface area contributed by atoms with Crippen LogP contribution in [0.15, 0.2) is 24.3 Å². The van der Waals surface area contributed by atoms with Gasteiger partial charge in [-0.1, -0.05) is 24.6 Å². The van der Waals surface area contributed by atoms with E-state index in [2.05, 4.69) is 4.74 Å². The van der Waals surface area contributed by atoms with Gasteiger partial charge in [0.25, 0.3) is 0 Å². The van der Waals surface area contributed by atoms with Crippen molar-refractivity contribution in [3.05, 3.63) is 29.8 Å². The van der Waals surface area contributed by atoms with E-state index >= 15 is 0 Å². The molecular formula is C12H12ClF3O. The summed E-state index contributed by atoms with van der Waals surface area (Å²) in [7, 11) is 0. The molecule has 2 atom stereocenters. The Balaban J connectivity index is 2.27. The molecule has 5 heteroatoms.